The topological polar surface area (TPSA) is 68.0 Å². The largest absolute Gasteiger partial charge is 0.384 e. The molecule has 1 fully saturated rings. The van der Waals surface area contributed by atoms with Gasteiger partial charge >= 0.3 is 0 Å². The predicted octanol–water partition coefficient (Wildman–Crippen LogP) is 3.31. The number of anilines is 1. The summed E-state index contributed by atoms with van der Waals surface area (Å²) in [7, 11) is 0. The second-order valence-electron chi connectivity index (χ2n) is 6.18. The number of pyridine rings is 1. The van der Waals surface area contributed by atoms with E-state index in [4.69, 9.17) is 5.73 Å². The standard InChI is InChI=1S/C17H27N3O/c1-3-7-15-10-14(11-16(18)20-15)17(21)19-12(2)13-8-5-4-6-9-13/h10-13H,3-9H2,1-2H3,(H2,18,20)(H,19,21). The first kappa shape index (κ1) is 15.8. The molecule has 1 saturated carbocycles. The van der Waals surface area contributed by atoms with Gasteiger partial charge in [0.1, 0.15) is 5.82 Å². The second kappa shape index (κ2) is 7.43. The summed E-state index contributed by atoms with van der Waals surface area (Å²) in [5, 5.41) is 3.14. The van der Waals surface area contributed by atoms with Crippen molar-refractivity contribution in [3.05, 3.63) is 23.4 Å². The molecule has 116 valence electrons. The number of nitrogen functional groups attached to an aromatic ring is 1. The number of carbonyl (C=O) groups is 1. The Bertz CT molecular complexity index is 481. The van der Waals surface area contributed by atoms with Crippen LogP contribution in [0.25, 0.3) is 0 Å². The number of aryl methyl sites for hydroxylation is 1. The first-order valence-corrected chi connectivity index (χ1v) is 8.17. The van der Waals surface area contributed by atoms with E-state index in [0.717, 1.165) is 18.5 Å². The van der Waals surface area contributed by atoms with Gasteiger partial charge in [-0.2, -0.15) is 0 Å². The summed E-state index contributed by atoms with van der Waals surface area (Å²) in [4.78, 5) is 16.7. The molecule has 1 aliphatic rings. The molecule has 0 aliphatic heterocycles. The molecule has 0 aromatic carbocycles. The Morgan fingerprint density at radius 3 is 2.76 bits per heavy atom. The molecule has 0 spiro atoms. The van der Waals surface area contributed by atoms with E-state index in [1.165, 1.54) is 32.1 Å². The van der Waals surface area contributed by atoms with Gasteiger partial charge in [-0.15, -0.1) is 0 Å². The number of nitrogens with one attached hydrogen (secondary N) is 1. The number of hydrogen-bond donors (Lipinski definition) is 2. The van der Waals surface area contributed by atoms with E-state index in [9.17, 15) is 4.79 Å². The van der Waals surface area contributed by atoms with E-state index in [1.54, 1.807) is 6.07 Å². The van der Waals surface area contributed by atoms with Crippen molar-refractivity contribution >= 4 is 11.7 Å². The summed E-state index contributed by atoms with van der Waals surface area (Å²) >= 11 is 0. The quantitative estimate of drug-likeness (QED) is 0.873. The molecular formula is C17H27N3O. The number of nitrogens with two attached hydrogens (primary N) is 1. The van der Waals surface area contributed by atoms with Crippen molar-refractivity contribution in [1.29, 1.82) is 0 Å². The second-order valence-corrected chi connectivity index (χ2v) is 6.18. The minimum absolute atomic E-state index is 0.0282. The maximum Gasteiger partial charge on any atom is 0.251 e. The molecule has 1 aliphatic carbocycles. The highest BCUT2D eigenvalue weighted by Gasteiger charge is 2.22. The summed E-state index contributed by atoms with van der Waals surface area (Å²) < 4.78 is 0. The molecule has 4 heteroatoms. The Labute approximate surface area is 127 Å². The summed E-state index contributed by atoms with van der Waals surface area (Å²) in [6.45, 7) is 4.21. The van der Waals surface area contributed by atoms with Gasteiger partial charge in [0.15, 0.2) is 0 Å². The Hall–Kier alpha value is -1.58. The molecule has 1 aromatic heterocycles. The summed E-state index contributed by atoms with van der Waals surface area (Å²) in [6.07, 6.45) is 8.20. The maximum atomic E-state index is 12.4. The molecule has 21 heavy (non-hydrogen) atoms. The smallest absolute Gasteiger partial charge is 0.251 e. The lowest BCUT2D eigenvalue weighted by Gasteiger charge is -2.28. The fourth-order valence-electron chi connectivity index (χ4n) is 3.17. The summed E-state index contributed by atoms with van der Waals surface area (Å²) in [5.74, 6) is 1.01. The molecule has 1 heterocycles. The van der Waals surface area contributed by atoms with Crippen molar-refractivity contribution < 1.29 is 4.79 Å². The Morgan fingerprint density at radius 2 is 2.10 bits per heavy atom. The van der Waals surface area contributed by atoms with E-state index in [2.05, 4.69) is 24.1 Å². The monoisotopic (exact) mass is 289 g/mol. The highest BCUT2D eigenvalue weighted by molar-refractivity contribution is 5.95. The third kappa shape index (κ3) is 4.45. The van der Waals surface area contributed by atoms with Gasteiger partial charge in [-0.3, -0.25) is 4.79 Å². The van der Waals surface area contributed by atoms with Crippen LogP contribution in [0.2, 0.25) is 0 Å². The third-order valence-corrected chi connectivity index (χ3v) is 4.38. The Morgan fingerprint density at radius 1 is 1.38 bits per heavy atom. The average molecular weight is 289 g/mol. The average Bonchev–Trinajstić information content (AvgIpc) is 2.48. The predicted molar refractivity (Wildman–Crippen MR) is 86.1 cm³/mol. The van der Waals surface area contributed by atoms with Crippen molar-refractivity contribution in [1.82, 2.24) is 10.3 Å². The van der Waals surface area contributed by atoms with E-state index in [0.29, 0.717) is 17.3 Å². The number of nitrogens with zero attached hydrogens (tertiary/aromatic N) is 1. The minimum atomic E-state index is -0.0282. The normalized spacial score (nSPS) is 17.4. The van der Waals surface area contributed by atoms with Crippen molar-refractivity contribution in [3.8, 4) is 0 Å². The van der Waals surface area contributed by atoms with E-state index < -0.39 is 0 Å². The molecule has 4 nitrogen and oxygen atoms in total. The fraction of sp³-hybridized carbons (Fsp3) is 0.647. The molecule has 3 N–H and O–H groups in total. The molecule has 1 atom stereocenters. The summed E-state index contributed by atoms with van der Waals surface area (Å²) in [6, 6.07) is 3.76. The lowest BCUT2D eigenvalue weighted by atomic mass is 9.84. The zero-order chi connectivity index (χ0) is 15.2. The molecule has 0 saturated heterocycles. The zero-order valence-electron chi connectivity index (χ0n) is 13.2. The van der Waals surface area contributed by atoms with Crippen LogP contribution in [-0.4, -0.2) is 16.9 Å². The van der Waals surface area contributed by atoms with Gasteiger partial charge in [-0.1, -0.05) is 32.6 Å². The lowest BCUT2D eigenvalue weighted by molar-refractivity contribution is 0.0919. The van der Waals surface area contributed by atoms with Crippen LogP contribution in [0.1, 0.15) is 68.4 Å². The van der Waals surface area contributed by atoms with Gasteiger partial charge in [0.05, 0.1) is 0 Å². The minimum Gasteiger partial charge on any atom is -0.384 e. The number of carbonyl (C=O) groups excluding carboxylic acids is 1. The van der Waals surface area contributed by atoms with Crippen LogP contribution in [0.4, 0.5) is 5.82 Å². The maximum absolute atomic E-state index is 12.4. The molecule has 0 radical (unpaired) electrons. The fourth-order valence-corrected chi connectivity index (χ4v) is 3.17. The van der Waals surface area contributed by atoms with Gasteiger partial charge in [0.2, 0.25) is 0 Å². The van der Waals surface area contributed by atoms with Crippen LogP contribution in [-0.2, 0) is 6.42 Å². The van der Waals surface area contributed by atoms with Gasteiger partial charge in [0, 0.05) is 17.3 Å². The molecule has 1 unspecified atom stereocenters. The van der Waals surface area contributed by atoms with E-state index >= 15 is 0 Å². The Balaban J connectivity index is 2.01. The van der Waals surface area contributed by atoms with Crippen molar-refractivity contribution in [2.24, 2.45) is 5.92 Å². The highest BCUT2D eigenvalue weighted by Crippen LogP contribution is 2.26. The van der Waals surface area contributed by atoms with Crippen molar-refractivity contribution in [2.75, 3.05) is 5.73 Å². The molecule has 1 aromatic rings. The molecule has 0 bridgehead atoms. The van der Waals surface area contributed by atoms with E-state index in [1.807, 2.05) is 6.07 Å². The van der Waals surface area contributed by atoms with Crippen LogP contribution in [0.5, 0.6) is 0 Å². The van der Waals surface area contributed by atoms with Gasteiger partial charge in [0.25, 0.3) is 5.91 Å². The third-order valence-electron chi connectivity index (χ3n) is 4.38. The van der Waals surface area contributed by atoms with Crippen molar-refractivity contribution in [2.45, 2.75) is 64.8 Å². The first-order chi connectivity index (χ1) is 10.1. The van der Waals surface area contributed by atoms with Crippen LogP contribution >= 0.6 is 0 Å². The SMILES string of the molecule is CCCc1cc(C(=O)NC(C)C2CCCCC2)cc(N)n1. The van der Waals surface area contributed by atoms with Crippen molar-refractivity contribution in [3.63, 3.8) is 0 Å². The molecular weight excluding hydrogens is 262 g/mol. The number of rotatable bonds is 5. The number of aromatic nitrogens is 1. The van der Waals surface area contributed by atoms with Crippen LogP contribution < -0.4 is 11.1 Å². The van der Waals surface area contributed by atoms with Gasteiger partial charge < -0.3 is 11.1 Å². The Kier molecular flexibility index (Phi) is 5.59. The number of amides is 1. The summed E-state index contributed by atoms with van der Waals surface area (Å²) in [5.41, 5.74) is 7.34. The molecule has 1 amide bonds. The highest BCUT2D eigenvalue weighted by atomic mass is 16.1. The first-order valence-electron chi connectivity index (χ1n) is 8.17. The van der Waals surface area contributed by atoms with Crippen LogP contribution in [0.3, 0.4) is 0 Å². The van der Waals surface area contributed by atoms with E-state index in [-0.39, 0.29) is 11.9 Å². The van der Waals surface area contributed by atoms with Gasteiger partial charge in [-0.25, -0.2) is 4.98 Å². The number of hydrogen-bond acceptors (Lipinski definition) is 3. The zero-order valence-corrected chi connectivity index (χ0v) is 13.2. The van der Waals surface area contributed by atoms with Crippen LogP contribution in [0.15, 0.2) is 12.1 Å². The van der Waals surface area contributed by atoms with Crippen LogP contribution in [0, 0.1) is 5.92 Å². The lowest BCUT2D eigenvalue weighted by Crippen LogP contribution is -2.39. The van der Waals surface area contributed by atoms with Gasteiger partial charge in [-0.05, 0) is 44.2 Å². The molecule has 2 rings (SSSR count).